The van der Waals surface area contributed by atoms with E-state index in [1.165, 1.54) is 18.2 Å². The third-order valence-electron chi connectivity index (χ3n) is 6.04. The van der Waals surface area contributed by atoms with Crippen molar-refractivity contribution in [2.24, 2.45) is 0 Å². The Hall–Kier alpha value is -2.51. The lowest BCUT2D eigenvalue weighted by Crippen LogP contribution is -2.51. The van der Waals surface area contributed by atoms with Gasteiger partial charge < -0.3 is 19.7 Å². The highest BCUT2D eigenvalue weighted by Gasteiger charge is 2.36. The van der Waals surface area contributed by atoms with Gasteiger partial charge in [-0.25, -0.2) is 13.6 Å². The second-order valence-electron chi connectivity index (χ2n) is 7.92. The highest BCUT2D eigenvalue weighted by atomic mass is 19.1. The van der Waals surface area contributed by atoms with E-state index in [-0.39, 0.29) is 29.2 Å². The number of ether oxygens (including phenoxy) is 2. The molecule has 7 heteroatoms. The highest BCUT2D eigenvalue weighted by Crippen LogP contribution is 2.34. The third-order valence-corrected chi connectivity index (χ3v) is 6.04. The van der Waals surface area contributed by atoms with Crippen LogP contribution in [0.3, 0.4) is 0 Å². The van der Waals surface area contributed by atoms with E-state index in [2.05, 4.69) is 5.32 Å². The van der Waals surface area contributed by atoms with E-state index in [0.717, 1.165) is 5.56 Å². The maximum atomic E-state index is 13.8. The van der Waals surface area contributed by atoms with E-state index in [0.29, 0.717) is 57.9 Å². The lowest BCUT2D eigenvalue weighted by atomic mass is 9.74. The summed E-state index contributed by atoms with van der Waals surface area (Å²) in [6.07, 6.45) is 1.07. The minimum atomic E-state index is -0.361. The zero-order chi connectivity index (χ0) is 21.0. The molecule has 5 nitrogen and oxygen atoms in total. The first-order chi connectivity index (χ1) is 14.6. The van der Waals surface area contributed by atoms with Crippen LogP contribution >= 0.6 is 0 Å². The van der Waals surface area contributed by atoms with Crippen molar-refractivity contribution < 1.29 is 23.0 Å². The summed E-state index contributed by atoms with van der Waals surface area (Å²) in [5.41, 5.74) is 1.24. The van der Waals surface area contributed by atoms with Crippen LogP contribution in [0.4, 0.5) is 13.6 Å². The number of hydrogen-bond acceptors (Lipinski definition) is 3. The Morgan fingerprint density at radius 2 is 1.80 bits per heavy atom. The summed E-state index contributed by atoms with van der Waals surface area (Å²) in [5, 5.41) is 3.04. The third kappa shape index (κ3) is 4.63. The van der Waals surface area contributed by atoms with Crippen molar-refractivity contribution in [1.29, 1.82) is 0 Å². The van der Waals surface area contributed by atoms with E-state index in [4.69, 9.17) is 9.47 Å². The maximum Gasteiger partial charge on any atom is 0.317 e. The molecule has 0 bridgehead atoms. The zero-order valence-corrected chi connectivity index (χ0v) is 16.8. The molecule has 2 aromatic rings. The van der Waals surface area contributed by atoms with E-state index in [1.807, 2.05) is 6.07 Å². The number of benzene rings is 2. The first-order valence-corrected chi connectivity index (χ1v) is 10.3. The van der Waals surface area contributed by atoms with Crippen LogP contribution in [0.1, 0.15) is 30.1 Å². The van der Waals surface area contributed by atoms with Crippen LogP contribution in [-0.2, 0) is 14.9 Å². The largest absolute Gasteiger partial charge is 0.381 e. The predicted molar refractivity (Wildman–Crippen MR) is 108 cm³/mol. The fraction of sp³-hybridized carbons (Fsp3) is 0.435. The topological polar surface area (TPSA) is 50.8 Å². The molecule has 0 aliphatic carbocycles. The van der Waals surface area contributed by atoms with Gasteiger partial charge in [-0.1, -0.05) is 24.3 Å². The van der Waals surface area contributed by atoms with Crippen LogP contribution in [0.5, 0.6) is 0 Å². The standard InChI is InChI=1S/C23H26F2N2O3/c24-19-5-1-3-17(13-19)21-15-27(9-12-30-21)22(28)26-16-23(7-10-29-11-8-23)18-4-2-6-20(25)14-18/h1-6,13-14,21H,7-12,15-16H2,(H,26,28). The number of morpholine rings is 1. The molecule has 1 atom stereocenters. The van der Waals surface area contributed by atoms with Crippen molar-refractivity contribution in [2.75, 3.05) is 39.5 Å². The Labute approximate surface area is 175 Å². The van der Waals surface area contributed by atoms with Crippen molar-refractivity contribution in [3.05, 3.63) is 71.3 Å². The zero-order valence-electron chi connectivity index (χ0n) is 16.8. The lowest BCUT2D eigenvalue weighted by molar-refractivity contribution is -0.0161. The molecule has 2 heterocycles. The molecule has 1 N–H and O–H groups in total. The lowest BCUT2D eigenvalue weighted by Gasteiger charge is -2.39. The normalized spacial score (nSPS) is 21.3. The molecule has 0 spiro atoms. The Morgan fingerprint density at radius 3 is 2.53 bits per heavy atom. The van der Waals surface area contributed by atoms with Gasteiger partial charge in [-0.15, -0.1) is 0 Å². The minimum absolute atomic E-state index is 0.193. The van der Waals surface area contributed by atoms with Crippen LogP contribution < -0.4 is 5.32 Å². The second kappa shape index (κ2) is 9.10. The van der Waals surface area contributed by atoms with Gasteiger partial charge in [-0.05, 0) is 48.2 Å². The second-order valence-corrected chi connectivity index (χ2v) is 7.92. The van der Waals surface area contributed by atoms with Crippen LogP contribution in [0.25, 0.3) is 0 Å². The van der Waals surface area contributed by atoms with Gasteiger partial charge >= 0.3 is 6.03 Å². The summed E-state index contributed by atoms with van der Waals surface area (Å²) in [6, 6.07) is 12.7. The fourth-order valence-corrected chi connectivity index (χ4v) is 4.25. The molecule has 1 unspecified atom stereocenters. The van der Waals surface area contributed by atoms with Crippen molar-refractivity contribution >= 4 is 6.03 Å². The summed E-state index contributed by atoms with van der Waals surface area (Å²) in [5.74, 6) is -0.606. The summed E-state index contributed by atoms with van der Waals surface area (Å²) < 4.78 is 38.7. The molecule has 2 aliphatic heterocycles. The van der Waals surface area contributed by atoms with Gasteiger partial charge in [-0.3, -0.25) is 0 Å². The number of nitrogens with one attached hydrogen (secondary N) is 1. The van der Waals surface area contributed by atoms with Crippen LogP contribution in [0.2, 0.25) is 0 Å². The number of rotatable bonds is 4. The average molecular weight is 416 g/mol. The van der Waals surface area contributed by atoms with E-state index in [9.17, 15) is 13.6 Å². The summed E-state index contributed by atoms with van der Waals surface area (Å²) >= 11 is 0. The molecule has 2 amide bonds. The number of nitrogens with zero attached hydrogens (tertiary/aromatic N) is 1. The highest BCUT2D eigenvalue weighted by molar-refractivity contribution is 5.74. The number of urea groups is 1. The maximum absolute atomic E-state index is 13.8. The smallest absolute Gasteiger partial charge is 0.317 e. The van der Waals surface area contributed by atoms with Gasteiger partial charge in [0.05, 0.1) is 13.2 Å². The van der Waals surface area contributed by atoms with E-state index >= 15 is 0 Å². The number of carbonyl (C=O) groups excluding carboxylic acids is 1. The first-order valence-electron chi connectivity index (χ1n) is 10.3. The minimum Gasteiger partial charge on any atom is -0.381 e. The molecule has 160 valence electrons. The monoisotopic (exact) mass is 416 g/mol. The molecule has 0 aromatic heterocycles. The molecule has 2 aliphatic rings. The van der Waals surface area contributed by atoms with Gasteiger partial charge in [0.15, 0.2) is 0 Å². The molecule has 0 saturated carbocycles. The summed E-state index contributed by atoms with van der Waals surface area (Å²) in [6.45, 7) is 2.76. The first kappa shape index (κ1) is 20.8. The van der Waals surface area contributed by atoms with Crippen LogP contribution in [0.15, 0.2) is 48.5 Å². The SMILES string of the molecule is O=C(NCC1(c2cccc(F)c2)CCOCC1)N1CCOC(c2cccc(F)c2)C1. The molecule has 2 aromatic carbocycles. The Balaban J connectivity index is 1.43. The fourth-order valence-electron chi connectivity index (χ4n) is 4.25. The van der Waals surface area contributed by atoms with Crippen molar-refractivity contribution in [2.45, 2.75) is 24.4 Å². The summed E-state index contributed by atoms with van der Waals surface area (Å²) in [7, 11) is 0. The summed E-state index contributed by atoms with van der Waals surface area (Å²) in [4.78, 5) is 14.6. The molecule has 0 radical (unpaired) electrons. The molecule has 2 saturated heterocycles. The molecule has 4 rings (SSSR count). The van der Waals surface area contributed by atoms with Crippen molar-refractivity contribution in [3.8, 4) is 0 Å². The van der Waals surface area contributed by atoms with E-state index in [1.54, 1.807) is 29.2 Å². The predicted octanol–water partition coefficient (Wildman–Crippen LogP) is 3.80. The average Bonchev–Trinajstić information content (AvgIpc) is 2.78. The van der Waals surface area contributed by atoms with Crippen LogP contribution in [0, 0.1) is 11.6 Å². The molecular formula is C23H26F2N2O3. The van der Waals surface area contributed by atoms with Gasteiger partial charge in [0, 0.05) is 31.7 Å². The number of amides is 2. The number of carbonyl (C=O) groups is 1. The molecule has 2 fully saturated rings. The Morgan fingerprint density at radius 1 is 1.07 bits per heavy atom. The van der Waals surface area contributed by atoms with Gasteiger partial charge in [-0.2, -0.15) is 0 Å². The van der Waals surface area contributed by atoms with E-state index < -0.39 is 0 Å². The number of hydrogen-bond donors (Lipinski definition) is 1. The quantitative estimate of drug-likeness (QED) is 0.825. The Bertz CT molecular complexity index is 886. The number of halogens is 2. The molecular weight excluding hydrogens is 390 g/mol. The Kier molecular flexibility index (Phi) is 6.29. The van der Waals surface area contributed by atoms with Gasteiger partial charge in [0.25, 0.3) is 0 Å². The van der Waals surface area contributed by atoms with Gasteiger partial charge in [0.2, 0.25) is 0 Å². The molecule has 30 heavy (non-hydrogen) atoms. The van der Waals surface area contributed by atoms with Crippen LogP contribution in [-0.4, -0.2) is 50.4 Å². The van der Waals surface area contributed by atoms with Crippen molar-refractivity contribution in [1.82, 2.24) is 10.2 Å². The van der Waals surface area contributed by atoms with Crippen molar-refractivity contribution in [3.63, 3.8) is 0 Å². The van der Waals surface area contributed by atoms with Gasteiger partial charge in [0.1, 0.15) is 17.7 Å².